The first-order valence-electron chi connectivity index (χ1n) is 6.20. The second-order valence-electron chi connectivity index (χ2n) is 4.63. The highest BCUT2D eigenvalue weighted by atomic mass is 127. The predicted octanol–water partition coefficient (Wildman–Crippen LogP) is 3.15. The van der Waals surface area contributed by atoms with Crippen molar-refractivity contribution in [2.45, 2.75) is 5.38 Å². The van der Waals surface area contributed by atoms with Crippen molar-refractivity contribution in [3.63, 3.8) is 0 Å². The van der Waals surface area contributed by atoms with Crippen molar-refractivity contribution in [2.75, 3.05) is 0 Å². The van der Waals surface area contributed by atoms with Gasteiger partial charge in [-0.2, -0.15) is 0 Å². The fourth-order valence-electron chi connectivity index (χ4n) is 2.15. The van der Waals surface area contributed by atoms with Gasteiger partial charge >= 0.3 is 11.1 Å². The third kappa shape index (κ3) is 2.89. The summed E-state index contributed by atoms with van der Waals surface area (Å²) in [5.41, 5.74) is 1.65. The number of hydrogen-bond acceptors (Lipinski definition) is 2. The molecule has 0 aliphatic rings. The quantitative estimate of drug-likeness (QED) is 0.386. The SMILES string of the molecule is O=c1[nH]c2ccc(C(Cl)c3cccc(I)c3)cc2[nH]c1=O. The Bertz CT molecular complexity index is 933. The minimum absolute atomic E-state index is 0.320. The fraction of sp³-hybridized carbons (Fsp3) is 0.0667. The summed E-state index contributed by atoms with van der Waals surface area (Å²) >= 11 is 8.74. The van der Waals surface area contributed by atoms with Crippen molar-refractivity contribution in [3.05, 3.63) is 77.9 Å². The fourth-order valence-corrected chi connectivity index (χ4v) is 2.99. The molecule has 1 heterocycles. The summed E-state index contributed by atoms with van der Waals surface area (Å²) in [5.74, 6) is 0. The predicted molar refractivity (Wildman–Crippen MR) is 92.0 cm³/mol. The summed E-state index contributed by atoms with van der Waals surface area (Å²) in [7, 11) is 0. The zero-order valence-corrected chi connectivity index (χ0v) is 13.6. The molecule has 6 heteroatoms. The molecular weight excluding hydrogens is 403 g/mol. The van der Waals surface area contributed by atoms with Crippen LogP contribution in [0.4, 0.5) is 0 Å². The van der Waals surface area contributed by atoms with E-state index in [1.54, 1.807) is 12.1 Å². The zero-order valence-electron chi connectivity index (χ0n) is 10.7. The van der Waals surface area contributed by atoms with Crippen LogP contribution in [0.1, 0.15) is 16.5 Å². The van der Waals surface area contributed by atoms with Gasteiger partial charge in [0.1, 0.15) is 0 Å². The van der Waals surface area contributed by atoms with Crippen LogP contribution in [0, 0.1) is 3.57 Å². The molecule has 3 aromatic rings. The number of alkyl halides is 1. The van der Waals surface area contributed by atoms with Crippen molar-refractivity contribution >= 4 is 45.2 Å². The van der Waals surface area contributed by atoms with E-state index in [2.05, 4.69) is 32.6 Å². The first kappa shape index (κ1) is 14.3. The lowest BCUT2D eigenvalue weighted by molar-refractivity contribution is 1.11. The molecule has 1 aromatic heterocycles. The van der Waals surface area contributed by atoms with Gasteiger partial charge < -0.3 is 9.97 Å². The maximum atomic E-state index is 11.4. The summed E-state index contributed by atoms with van der Waals surface area (Å²) < 4.78 is 1.11. The lowest BCUT2D eigenvalue weighted by Gasteiger charge is -2.11. The first-order chi connectivity index (χ1) is 10.0. The number of aromatic amines is 2. The average molecular weight is 413 g/mol. The summed E-state index contributed by atoms with van der Waals surface area (Å²) in [6.45, 7) is 0. The van der Waals surface area contributed by atoms with E-state index in [-0.39, 0.29) is 5.38 Å². The Labute approximate surface area is 138 Å². The lowest BCUT2D eigenvalue weighted by atomic mass is 10.0. The Morgan fingerprint density at radius 1 is 0.905 bits per heavy atom. The van der Waals surface area contributed by atoms with Crippen LogP contribution in [0.2, 0.25) is 0 Å². The molecule has 0 spiro atoms. The topological polar surface area (TPSA) is 65.7 Å². The van der Waals surface area contributed by atoms with Crippen LogP contribution in [0.3, 0.4) is 0 Å². The van der Waals surface area contributed by atoms with Gasteiger partial charge in [-0.15, -0.1) is 11.6 Å². The van der Waals surface area contributed by atoms with E-state index >= 15 is 0 Å². The molecule has 2 aromatic carbocycles. The second-order valence-corrected chi connectivity index (χ2v) is 6.31. The van der Waals surface area contributed by atoms with Crippen molar-refractivity contribution in [1.82, 2.24) is 9.97 Å². The summed E-state index contributed by atoms with van der Waals surface area (Å²) in [5, 5.41) is -0.320. The molecule has 2 N–H and O–H groups in total. The monoisotopic (exact) mass is 412 g/mol. The van der Waals surface area contributed by atoms with E-state index in [0.717, 1.165) is 14.7 Å². The number of rotatable bonds is 2. The van der Waals surface area contributed by atoms with Crippen molar-refractivity contribution in [2.24, 2.45) is 0 Å². The number of H-pyrrole nitrogens is 2. The van der Waals surface area contributed by atoms with E-state index < -0.39 is 11.1 Å². The van der Waals surface area contributed by atoms with Gasteiger partial charge in [-0.25, -0.2) is 0 Å². The molecule has 1 unspecified atom stereocenters. The maximum absolute atomic E-state index is 11.4. The van der Waals surface area contributed by atoms with E-state index in [1.807, 2.05) is 30.3 Å². The number of aromatic nitrogens is 2. The van der Waals surface area contributed by atoms with Gasteiger partial charge in [-0.05, 0) is 58.0 Å². The Kier molecular flexibility index (Phi) is 3.86. The second kappa shape index (κ2) is 5.65. The van der Waals surface area contributed by atoms with Gasteiger partial charge in [-0.3, -0.25) is 9.59 Å². The zero-order chi connectivity index (χ0) is 15.0. The molecule has 0 saturated heterocycles. The van der Waals surface area contributed by atoms with E-state index in [1.165, 1.54) is 0 Å². The van der Waals surface area contributed by atoms with Gasteiger partial charge in [0.2, 0.25) is 0 Å². The standard InChI is InChI=1S/C15H10ClIN2O2/c16-13(8-2-1-3-10(17)6-8)9-4-5-11-12(7-9)19-15(21)14(20)18-11/h1-7,13H,(H,18,20)(H,19,21). The Morgan fingerprint density at radius 2 is 1.57 bits per heavy atom. The first-order valence-corrected chi connectivity index (χ1v) is 7.72. The van der Waals surface area contributed by atoms with E-state index in [4.69, 9.17) is 11.6 Å². The lowest BCUT2D eigenvalue weighted by Crippen LogP contribution is -2.28. The van der Waals surface area contributed by atoms with Crippen LogP contribution in [0.25, 0.3) is 11.0 Å². The number of fused-ring (bicyclic) bond motifs is 1. The maximum Gasteiger partial charge on any atom is 0.314 e. The van der Waals surface area contributed by atoms with Gasteiger partial charge in [0, 0.05) is 3.57 Å². The summed E-state index contributed by atoms with van der Waals surface area (Å²) in [6, 6.07) is 13.3. The van der Waals surface area contributed by atoms with Crippen molar-refractivity contribution in [3.8, 4) is 0 Å². The Morgan fingerprint density at radius 3 is 2.29 bits per heavy atom. The number of nitrogens with one attached hydrogen (secondary N) is 2. The molecular formula is C15H10ClIN2O2. The minimum atomic E-state index is -0.667. The van der Waals surface area contributed by atoms with Crippen LogP contribution in [-0.2, 0) is 0 Å². The van der Waals surface area contributed by atoms with Crippen molar-refractivity contribution < 1.29 is 0 Å². The van der Waals surface area contributed by atoms with Gasteiger partial charge in [0.15, 0.2) is 0 Å². The van der Waals surface area contributed by atoms with Crippen LogP contribution < -0.4 is 11.1 Å². The largest absolute Gasteiger partial charge is 0.316 e. The Hall–Kier alpha value is -1.60. The van der Waals surface area contributed by atoms with Crippen LogP contribution >= 0.6 is 34.2 Å². The average Bonchev–Trinajstić information content (AvgIpc) is 2.47. The molecule has 106 valence electrons. The minimum Gasteiger partial charge on any atom is -0.316 e. The molecule has 0 aliphatic heterocycles. The molecule has 4 nitrogen and oxygen atoms in total. The molecule has 21 heavy (non-hydrogen) atoms. The molecule has 0 bridgehead atoms. The summed E-state index contributed by atoms with van der Waals surface area (Å²) in [4.78, 5) is 27.8. The van der Waals surface area contributed by atoms with Gasteiger partial charge in [0.25, 0.3) is 0 Å². The highest BCUT2D eigenvalue weighted by Crippen LogP contribution is 2.30. The highest BCUT2D eigenvalue weighted by Gasteiger charge is 2.12. The van der Waals surface area contributed by atoms with Crippen LogP contribution in [0.15, 0.2) is 52.1 Å². The van der Waals surface area contributed by atoms with Crippen molar-refractivity contribution in [1.29, 1.82) is 0 Å². The van der Waals surface area contributed by atoms with Gasteiger partial charge in [-0.1, -0.05) is 18.2 Å². The molecule has 0 fully saturated rings. The molecule has 0 radical (unpaired) electrons. The van der Waals surface area contributed by atoms with Gasteiger partial charge in [0.05, 0.1) is 16.4 Å². The van der Waals surface area contributed by atoms with Crippen LogP contribution in [-0.4, -0.2) is 9.97 Å². The molecule has 3 rings (SSSR count). The molecule has 0 aliphatic carbocycles. The van der Waals surface area contributed by atoms with E-state index in [9.17, 15) is 9.59 Å². The van der Waals surface area contributed by atoms with E-state index in [0.29, 0.717) is 11.0 Å². The smallest absolute Gasteiger partial charge is 0.314 e. The third-order valence-electron chi connectivity index (χ3n) is 3.18. The number of hydrogen-bond donors (Lipinski definition) is 2. The highest BCUT2D eigenvalue weighted by molar-refractivity contribution is 14.1. The molecule has 1 atom stereocenters. The van der Waals surface area contributed by atoms with Crippen LogP contribution in [0.5, 0.6) is 0 Å². The number of benzene rings is 2. The Balaban J connectivity index is 2.10. The molecule has 0 amide bonds. The normalized spacial score (nSPS) is 12.5. The third-order valence-corrected chi connectivity index (χ3v) is 4.36. The summed E-state index contributed by atoms with van der Waals surface area (Å²) in [6.07, 6.45) is 0. The number of halogens is 2. The molecule has 0 saturated carbocycles.